The molecule has 0 aliphatic rings. The van der Waals surface area contributed by atoms with Gasteiger partial charge in [-0.05, 0) is 275 Å². The van der Waals surface area contributed by atoms with Crippen molar-refractivity contribution >= 4 is 186 Å². The van der Waals surface area contributed by atoms with E-state index in [1.807, 2.05) is 91.0 Å². The third kappa shape index (κ3) is 29.1. The molecule has 3 aromatic heterocycles. The van der Waals surface area contributed by atoms with E-state index in [1.165, 1.54) is 131 Å². The summed E-state index contributed by atoms with van der Waals surface area (Å²) in [4.78, 5) is 40.6. The molecule has 6 nitrogen and oxygen atoms in total. The number of esters is 3. The molecule has 18 heteroatoms. The van der Waals surface area contributed by atoms with Gasteiger partial charge in [0.1, 0.15) is 98.2 Å². The van der Waals surface area contributed by atoms with Gasteiger partial charge >= 0.3 is 17.9 Å². The molecule has 12 aromatic carbocycles. The minimum Gasteiger partial charge on any atom is -0.427 e. The Balaban J connectivity index is 0.000000165. The summed E-state index contributed by atoms with van der Waals surface area (Å²) >= 11 is 15.7. The van der Waals surface area contributed by atoms with Crippen molar-refractivity contribution in [3.63, 3.8) is 0 Å². The van der Waals surface area contributed by atoms with Gasteiger partial charge in [-0.25, -0.2) is 0 Å². The van der Waals surface area contributed by atoms with E-state index in [1.54, 1.807) is 62.0 Å². The molecule has 0 N–H and O–H groups in total. The monoisotopic (exact) mass is 1920 g/mol. The first-order valence-electron chi connectivity index (χ1n) is 45.3. The van der Waals surface area contributed by atoms with Crippen LogP contribution in [0.4, 0.5) is 0 Å². The van der Waals surface area contributed by atoms with Crippen molar-refractivity contribution in [1.82, 2.24) is 0 Å². The average Bonchev–Trinajstić information content (AvgIpc) is 1.64. The maximum atomic E-state index is 12.4. The van der Waals surface area contributed by atoms with E-state index in [4.69, 9.17) is 50.9 Å². The van der Waals surface area contributed by atoms with Crippen LogP contribution in [0.15, 0.2) is 364 Å². The molecule has 0 amide bonds. The van der Waals surface area contributed by atoms with Gasteiger partial charge in [0.05, 0.1) is 18.5 Å². The van der Waals surface area contributed by atoms with Crippen LogP contribution in [0.25, 0.3) is 31.3 Å². The molecular formula is C111H114O6P3S9+3. The molecule has 3 heterocycles. The Morgan fingerprint density at radius 3 is 0.527 bits per heavy atom. The molecule has 660 valence electrons. The molecule has 0 saturated carbocycles. The first-order valence-corrected chi connectivity index (χ1v) is 58.9. The number of carbonyl (C=O) groups excluding carboxylic acids is 3. The van der Waals surface area contributed by atoms with Crippen LogP contribution in [0.2, 0.25) is 0 Å². The molecule has 0 saturated heterocycles. The van der Waals surface area contributed by atoms with Gasteiger partial charge in [-0.15, -0.1) is 0 Å². The Kier molecular flexibility index (Phi) is 40.1. The van der Waals surface area contributed by atoms with E-state index in [0.717, 1.165) is 113 Å². The van der Waals surface area contributed by atoms with Gasteiger partial charge in [-0.1, -0.05) is 340 Å². The molecule has 0 spiro atoms. The summed E-state index contributed by atoms with van der Waals surface area (Å²) in [6.07, 6.45) is 28.9. The second-order valence-corrected chi connectivity index (χ2v) is 51.9. The van der Waals surface area contributed by atoms with E-state index in [2.05, 4.69) is 273 Å². The summed E-state index contributed by atoms with van der Waals surface area (Å²) < 4.78 is 19.4. The number of rotatable bonds is 45. The standard InChI is InChI=1S/C39H42O2PS3.C37H38O2PS3.C35H34O2PS3/c40-38(41-33-28-26-32(27-29-33)37-31-39(43)45-44-37)25-17-6-4-2-1-3-5-7-18-30-42(34-19-11-8-12-20-34,35-21-13-9-14-22-35)36-23-15-10-16-24-36;38-36(39-31-26-24-30(25-27-31)35-29-37(41)43-42-35)23-15-4-2-1-3-5-16-28-40(32-17-9-6-10-18-32,33-19-11-7-12-20-33)34-21-13-8-14-22-34;36-34(37-29-24-22-28(23-25-29)33-27-35(39)41-40-33)21-13-2-1-3-14-26-38(30-15-7-4-8-16-30,31-17-9-5-10-18-31)32-19-11-6-12-20-32/h8-16,19-24,26-29,31H,1-7,17-18,25,30H2;6-14,17-22,24-27,29H,1-5,15-16,23,28H2;4-12,15-20,22-25,27H,1-3,13-14,21,26H2/q3*+1. The number of benzene rings is 12. The van der Waals surface area contributed by atoms with Crippen LogP contribution in [-0.2, 0) is 14.4 Å². The SMILES string of the molecule is O=C(CCCCCCCCCCC[P+](c1ccccc1)(c1ccccc1)c1ccccc1)Oc1ccc(-c2cc(=S)ss2)cc1.O=C(CCCCCCCCC[P+](c1ccccc1)(c1ccccc1)c1ccccc1)Oc1ccc(-c2cc(=S)ss2)cc1.O=C(CCCCCCC[P+](c1ccccc1)(c1ccccc1)c1ccccc1)Oc1ccc(-c2cc(=S)ss2)cc1. The summed E-state index contributed by atoms with van der Waals surface area (Å²) in [5.41, 5.74) is 3.30. The Hall–Kier alpha value is -8.85. The number of carbonyl (C=O) groups is 3. The normalized spacial score (nSPS) is 11.3. The third-order valence-electron chi connectivity index (χ3n) is 23.4. The van der Waals surface area contributed by atoms with Crippen LogP contribution in [0.3, 0.4) is 0 Å². The summed E-state index contributed by atoms with van der Waals surface area (Å²) in [5.74, 6) is 1.36. The van der Waals surface area contributed by atoms with Crippen molar-refractivity contribution < 1.29 is 28.6 Å². The van der Waals surface area contributed by atoms with E-state index >= 15 is 0 Å². The molecule has 129 heavy (non-hydrogen) atoms. The molecule has 15 rings (SSSR count). The zero-order valence-corrected chi connectivity index (χ0v) is 83.2. The van der Waals surface area contributed by atoms with Crippen molar-refractivity contribution in [1.29, 1.82) is 0 Å². The van der Waals surface area contributed by atoms with E-state index in [9.17, 15) is 14.4 Å². The maximum absolute atomic E-state index is 12.4. The molecule has 0 aliphatic heterocycles. The number of hydrogen-bond acceptors (Lipinski definition) is 15. The molecule has 0 radical (unpaired) electrons. The van der Waals surface area contributed by atoms with Gasteiger partial charge in [-0.3, -0.25) is 14.4 Å². The van der Waals surface area contributed by atoms with Crippen LogP contribution in [0, 0.1) is 11.5 Å². The molecule has 0 aliphatic carbocycles. The summed E-state index contributed by atoms with van der Waals surface area (Å²) in [7, 11) is 4.62. The molecule has 0 bridgehead atoms. The van der Waals surface area contributed by atoms with E-state index in [-0.39, 0.29) is 17.9 Å². The summed E-state index contributed by atoms with van der Waals surface area (Å²) in [6.45, 7) is 0. The van der Waals surface area contributed by atoms with Crippen LogP contribution in [-0.4, -0.2) is 36.4 Å². The maximum Gasteiger partial charge on any atom is 0.311 e. The quantitative estimate of drug-likeness (QED) is 0.00926. The lowest BCUT2D eigenvalue weighted by molar-refractivity contribution is -0.135. The van der Waals surface area contributed by atoms with Gasteiger partial charge in [-0.2, -0.15) is 0 Å². The second kappa shape index (κ2) is 53.0. The lowest BCUT2D eigenvalue weighted by atomic mass is 10.1. The fourth-order valence-electron chi connectivity index (χ4n) is 16.9. The topological polar surface area (TPSA) is 78.9 Å². The van der Waals surface area contributed by atoms with Crippen LogP contribution in [0.1, 0.15) is 154 Å². The largest absolute Gasteiger partial charge is 0.427 e. The molecule has 15 aromatic rings. The fraction of sp³-hybridized carbons (Fsp3) is 0.243. The van der Waals surface area contributed by atoms with E-state index < -0.39 is 21.8 Å². The fourth-order valence-corrected chi connectivity index (χ4v) is 37.3. The first kappa shape index (κ1) is 97.7. The number of hydrogen-bond donors (Lipinski definition) is 0. The van der Waals surface area contributed by atoms with Gasteiger partial charge in [0, 0.05) is 33.9 Å². The first-order chi connectivity index (χ1) is 63.4. The van der Waals surface area contributed by atoms with Gasteiger partial charge in [0.25, 0.3) is 0 Å². The van der Waals surface area contributed by atoms with Crippen molar-refractivity contribution in [3.8, 4) is 48.6 Å². The summed E-state index contributed by atoms with van der Waals surface area (Å²) in [5, 5.41) is 13.1. The number of unbranched alkanes of at least 4 members (excludes halogenated alkanes) is 18. The highest BCUT2D eigenvalue weighted by atomic mass is 32.9. The highest BCUT2D eigenvalue weighted by molar-refractivity contribution is 7.96. The average molecular weight is 1930 g/mol. The predicted molar refractivity (Wildman–Crippen MR) is 573 cm³/mol. The molecular weight excluding hydrogens is 1810 g/mol. The van der Waals surface area contributed by atoms with Crippen molar-refractivity contribution in [2.45, 2.75) is 154 Å². The Labute approximate surface area is 803 Å². The lowest BCUT2D eigenvalue weighted by Gasteiger charge is -2.27. The summed E-state index contributed by atoms with van der Waals surface area (Å²) in [6, 6.07) is 129. The Morgan fingerprint density at radius 2 is 0.364 bits per heavy atom. The van der Waals surface area contributed by atoms with Gasteiger partial charge < -0.3 is 14.2 Å². The highest BCUT2D eigenvalue weighted by Crippen LogP contribution is 2.59. The van der Waals surface area contributed by atoms with Gasteiger partial charge in [0.2, 0.25) is 0 Å². The molecule has 0 atom stereocenters. The lowest BCUT2D eigenvalue weighted by Crippen LogP contribution is -2.33. The number of ether oxygens (including phenoxy) is 3. The minimum atomic E-state index is -1.76. The van der Waals surface area contributed by atoms with Crippen molar-refractivity contribution in [2.24, 2.45) is 0 Å². The Morgan fingerprint density at radius 1 is 0.202 bits per heavy atom. The minimum absolute atomic E-state index is 0.144. The zero-order valence-electron chi connectivity index (χ0n) is 73.2. The van der Waals surface area contributed by atoms with Gasteiger partial charge in [0.15, 0.2) is 0 Å². The third-order valence-corrected chi connectivity index (χ3v) is 45.7. The second-order valence-electron chi connectivity index (χ2n) is 32.3. The van der Waals surface area contributed by atoms with Crippen molar-refractivity contribution in [3.05, 3.63) is 375 Å². The predicted octanol–water partition coefficient (Wildman–Crippen LogP) is 30.7. The van der Waals surface area contributed by atoms with Crippen molar-refractivity contribution in [2.75, 3.05) is 18.5 Å². The molecule has 0 fully saturated rings. The Bertz CT molecular complexity index is 5670. The molecule has 0 unspecified atom stereocenters. The van der Waals surface area contributed by atoms with Crippen LogP contribution >= 0.6 is 120 Å². The van der Waals surface area contributed by atoms with Crippen LogP contribution in [0.5, 0.6) is 17.2 Å². The zero-order chi connectivity index (χ0) is 89.2. The highest BCUT2D eigenvalue weighted by Gasteiger charge is 2.47. The smallest absolute Gasteiger partial charge is 0.311 e. The van der Waals surface area contributed by atoms with Crippen LogP contribution < -0.4 is 62.0 Å². The van der Waals surface area contributed by atoms with E-state index in [0.29, 0.717) is 36.5 Å².